The Labute approximate surface area is 86.6 Å². The summed E-state index contributed by atoms with van der Waals surface area (Å²) in [6, 6.07) is 0. The van der Waals surface area contributed by atoms with E-state index in [2.05, 4.69) is 37.6 Å². The molecule has 0 bridgehead atoms. The summed E-state index contributed by atoms with van der Waals surface area (Å²) >= 11 is 0. The standard InChI is InChI=1S/C12H19NO/c1-4-6-8-11-12(5-2)14-10-7-9-13(11)3/h5-6,8H,2,4,7,9-10H2,1,3H3/b8-6-. The average molecular weight is 193 g/mol. The van der Waals surface area contributed by atoms with Crippen molar-refractivity contribution in [2.45, 2.75) is 19.8 Å². The zero-order valence-electron chi connectivity index (χ0n) is 9.12. The van der Waals surface area contributed by atoms with E-state index in [-0.39, 0.29) is 0 Å². The Bertz CT molecular complexity index is 253. The number of hydrogen-bond donors (Lipinski definition) is 0. The van der Waals surface area contributed by atoms with Gasteiger partial charge in [-0.25, -0.2) is 0 Å². The zero-order valence-corrected chi connectivity index (χ0v) is 9.12. The van der Waals surface area contributed by atoms with E-state index in [4.69, 9.17) is 4.74 Å². The molecule has 0 spiro atoms. The first-order valence-corrected chi connectivity index (χ1v) is 5.16. The second-order valence-corrected chi connectivity index (χ2v) is 3.39. The van der Waals surface area contributed by atoms with Gasteiger partial charge in [-0.1, -0.05) is 19.6 Å². The molecule has 0 unspecified atom stereocenters. The Morgan fingerprint density at radius 2 is 2.36 bits per heavy atom. The van der Waals surface area contributed by atoms with E-state index in [0.717, 1.165) is 37.4 Å². The lowest BCUT2D eigenvalue weighted by atomic mass is 10.2. The molecule has 0 aromatic heterocycles. The van der Waals surface area contributed by atoms with Crippen LogP contribution in [0.1, 0.15) is 19.8 Å². The number of likely N-dealkylation sites (N-methyl/N-ethyl adjacent to an activating group) is 1. The van der Waals surface area contributed by atoms with Crippen molar-refractivity contribution in [3.63, 3.8) is 0 Å². The predicted molar refractivity (Wildman–Crippen MR) is 59.9 cm³/mol. The van der Waals surface area contributed by atoms with E-state index >= 15 is 0 Å². The summed E-state index contributed by atoms with van der Waals surface area (Å²) in [4.78, 5) is 2.22. The molecule has 0 aliphatic carbocycles. The Morgan fingerprint density at radius 3 is 3.00 bits per heavy atom. The number of rotatable bonds is 3. The molecule has 2 nitrogen and oxygen atoms in total. The average Bonchev–Trinajstić information content (AvgIpc) is 2.37. The molecule has 0 aromatic carbocycles. The van der Waals surface area contributed by atoms with Crippen LogP contribution in [0.3, 0.4) is 0 Å². The maximum absolute atomic E-state index is 5.60. The van der Waals surface area contributed by atoms with Gasteiger partial charge in [0.15, 0.2) is 0 Å². The highest BCUT2D eigenvalue weighted by Crippen LogP contribution is 2.17. The molecule has 0 saturated carbocycles. The van der Waals surface area contributed by atoms with Gasteiger partial charge in [-0.15, -0.1) is 0 Å². The molecule has 0 radical (unpaired) electrons. The van der Waals surface area contributed by atoms with Crippen molar-refractivity contribution in [1.82, 2.24) is 4.90 Å². The molecule has 0 N–H and O–H groups in total. The second kappa shape index (κ2) is 5.53. The van der Waals surface area contributed by atoms with E-state index in [1.54, 1.807) is 6.08 Å². The minimum Gasteiger partial charge on any atom is -0.491 e. The molecule has 0 atom stereocenters. The molecule has 1 aliphatic rings. The van der Waals surface area contributed by atoms with Gasteiger partial charge in [0.2, 0.25) is 0 Å². The summed E-state index contributed by atoms with van der Waals surface area (Å²) in [5.74, 6) is 0.898. The molecule has 78 valence electrons. The van der Waals surface area contributed by atoms with Crippen LogP contribution in [0.5, 0.6) is 0 Å². The van der Waals surface area contributed by atoms with Crippen molar-refractivity contribution >= 4 is 0 Å². The quantitative estimate of drug-likeness (QED) is 0.683. The van der Waals surface area contributed by atoms with E-state index in [1.807, 2.05) is 0 Å². The van der Waals surface area contributed by atoms with Gasteiger partial charge in [-0.2, -0.15) is 0 Å². The maximum Gasteiger partial charge on any atom is 0.141 e. The summed E-state index contributed by atoms with van der Waals surface area (Å²) in [6.45, 7) is 7.73. The summed E-state index contributed by atoms with van der Waals surface area (Å²) in [6.07, 6.45) is 8.16. The number of ether oxygens (including phenoxy) is 1. The molecule has 0 amide bonds. The molecule has 2 heteroatoms. The Balaban J connectivity index is 2.91. The van der Waals surface area contributed by atoms with Gasteiger partial charge >= 0.3 is 0 Å². The van der Waals surface area contributed by atoms with Crippen LogP contribution in [0.15, 0.2) is 36.3 Å². The highest BCUT2D eigenvalue weighted by atomic mass is 16.5. The van der Waals surface area contributed by atoms with Crippen molar-refractivity contribution < 1.29 is 4.74 Å². The molecule has 14 heavy (non-hydrogen) atoms. The largest absolute Gasteiger partial charge is 0.491 e. The lowest BCUT2D eigenvalue weighted by molar-refractivity contribution is 0.226. The minimum atomic E-state index is 0.787. The summed E-state index contributed by atoms with van der Waals surface area (Å²) in [5.41, 5.74) is 1.14. The van der Waals surface area contributed by atoms with Crippen LogP contribution in [-0.4, -0.2) is 25.1 Å². The third-order valence-electron chi connectivity index (χ3n) is 2.26. The molecule has 1 heterocycles. The highest BCUT2D eigenvalue weighted by Gasteiger charge is 2.11. The smallest absolute Gasteiger partial charge is 0.141 e. The van der Waals surface area contributed by atoms with E-state index in [0.29, 0.717) is 0 Å². The normalized spacial score (nSPS) is 18.3. The maximum atomic E-state index is 5.60. The molecule has 0 saturated heterocycles. The van der Waals surface area contributed by atoms with Crippen LogP contribution in [0.2, 0.25) is 0 Å². The van der Waals surface area contributed by atoms with Crippen molar-refractivity contribution in [3.05, 3.63) is 36.3 Å². The van der Waals surface area contributed by atoms with E-state index in [1.165, 1.54) is 0 Å². The first-order chi connectivity index (χ1) is 6.79. The number of hydrogen-bond acceptors (Lipinski definition) is 2. The highest BCUT2D eigenvalue weighted by molar-refractivity contribution is 5.27. The lowest BCUT2D eigenvalue weighted by Crippen LogP contribution is -2.17. The van der Waals surface area contributed by atoms with Gasteiger partial charge in [-0.05, 0) is 25.0 Å². The van der Waals surface area contributed by atoms with Gasteiger partial charge in [-0.3, -0.25) is 0 Å². The van der Waals surface area contributed by atoms with E-state index < -0.39 is 0 Å². The fraction of sp³-hybridized carbons (Fsp3) is 0.500. The SMILES string of the molecule is C=CC1=C(/C=C\CC)N(C)CCCO1. The first-order valence-electron chi connectivity index (χ1n) is 5.16. The van der Waals surface area contributed by atoms with Crippen LogP contribution < -0.4 is 0 Å². The summed E-state index contributed by atoms with van der Waals surface area (Å²) in [5, 5.41) is 0. The fourth-order valence-electron chi connectivity index (χ4n) is 1.47. The molecule has 1 aliphatic heterocycles. The Hall–Kier alpha value is -1.18. The van der Waals surface area contributed by atoms with E-state index in [9.17, 15) is 0 Å². The predicted octanol–water partition coefficient (Wildman–Crippen LogP) is 2.70. The fourth-order valence-corrected chi connectivity index (χ4v) is 1.47. The lowest BCUT2D eigenvalue weighted by Gasteiger charge is -2.18. The second-order valence-electron chi connectivity index (χ2n) is 3.39. The molecule has 0 aromatic rings. The molecular weight excluding hydrogens is 174 g/mol. The van der Waals surface area contributed by atoms with Crippen LogP contribution >= 0.6 is 0 Å². The molecular formula is C12H19NO. The van der Waals surface area contributed by atoms with Crippen molar-refractivity contribution in [3.8, 4) is 0 Å². The van der Waals surface area contributed by atoms with Crippen LogP contribution in [0, 0.1) is 0 Å². The zero-order chi connectivity index (χ0) is 10.4. The van der Waals surface area contributed by atoms with Crippen molar-refractivity contribution in [1.29, 1.82) is 0 Å². The molecule has 1 rings (SSSR count). The van der Waals surface area contributed by atoms with Crippen molar-refractivity contribution in [2.24, 2.45) is 0 Å². The van der Waals surface area contributed by atoms with Crippen LogP contribution in [0.4, 0.5) is 0 Å². The third-order valence-corrected chi connectivity index (χ3v) is 2.26. The van der Waals surface area contributed by atoms with Gasteiger partial charge in [0.1, 0.15) is 5.76 Å². The number of allylic oxidation sites excluding steroid dienone is 3. The van der Waals surface area contributed by atoms with Crippen LogP contribution in [-0.2, 0) is 4.74 Å². The van der Waals surface area contributed by atoms with Gasteiger partial charge in [0, 0.05) is 13.6 Å². The van der Waals surface area contributed by atoms with Gasteiger partial charge in [0.05, 0.1) is 12.3 Å². The third kappa shape index (κ3) is 2.66. The summed E-state index contributed by atoms with van der Waals surface area (Å²) in [7, 11) is 2.09. The summed E-state index contributed by atoms with van der Waals surface area (Å²) < 4.78 is 5.60. The Kier molecular flexibility index (Phi) is 4.30. The van der Waals surface area contributed by atoms with Crippen molar-refractivity contribution in [2.75, 3.05) is 20.2 Å². The van der Waals surface area contributed by atoms with Gasteiger partial charge < -0.3 is 9.64 Å². The first kappa shape index (κ1) is 10.9. The minimum absolute atomic E-state index is 0.787. The number of nitrogens with zero attached hydrogens (tertiary/aromatic N) is 1. The monoisotopic (exact) mass is 193 g/mol. The Morgan fingerprint density at radius 1 is 1.57 bits per heavy atom. The van der Waals surface area contributed by atoms with Crippen LogP contribution in [0.25, 0.3) is 0 Å². The topological polar surface area (TPSA) is 12.5 Å². The molecule has 0 fully saturated rings. The van der Waals surface area contributed by atoms with Gasteiger partial charge in [0.25, 0.3) is 0 Å².